The summed E-state index contributed by atoms with van der Waals surface area (Å²) < 4.78 is 19.6. The molecule has 36 heavy (non-hydrogen) atoms. The lowest BCUT2D eigenvalue weighted by molar-refractivity contribution is 0.0663. The molecule has 194 valence electrons. The number of pyridine rings is 1. The van der Waals surface area contributed by atoms with Crippen molar-refractivity contribution in [1.82, 2.24) is 24.8 Å². The van der Waals surface area contributed by atoms with Gasteiger partial charge in [-0.05, 0) is 35.4 Å². The number of nitrogens with zero attached hydrogens (tertiary/aromatic N) is 5. The Hall–Kier alpha value is -3.34. The van der Waals surface area contributed by atoms with E-state index in [4.69, 9.17) is 4.74 Å². The molecule has 0 radical (unpaired) electrons. The molecule has 1 fully saturated rings. The van der Waals surface area contributed by atoms with Crippen molar-refractivity contribution in [1.29, 1.82) is 0 Å². The van der Waals surface area contributed by atoms with E-state index in [1.807, 2.05) is 53.0 Å². The van der Waals surface area contributed by atoms with Crippen LogP contribution in [-0.4, -0.2) is 63.1 Å². The van der Waals surface area contributed by atoms with Gasteiger partial charge in [-0.3, -0.25) is 14.7 Å². The van der Waals surface area contributed by atoms with Crippen LogP contribution in [0, 0.1) is 11.2 Å². The highest BCUT2D eigenvalue weighted by molar-refractivity contribution is 7.17. The summed E-state index contributed by atoms with van der Waals surface area (Å²) in [5.74, 6) is -0.466. The molecule has 1 aliphatic heterocycles. The molecule has 1 N–H and O–H groups in total. The molecule has 4 rings (SSSR count). The number of nitrogens with one attached hydrogen (secondary N) is 1. The molecule has 2 amide bonds. The van der Waals surface area contributed by atoms with E-state index in [0.717, 1.165) is 6.20 Å². The van der Waals surface area contributed by atoms with E-state index in [1.54, 1.807) is 11.1 Å². The van der Waals surface area contributed by atoms with Gasteiger partial charge in [-0.2, -0.15) is 0 Å². The average Bonchev–Trinajstić information content (AvgIpc) is 3.52. The molecule has 0 aliphatic carbocycles. The molecule has 1 saturated heterocycles. The molecular formula is C25H33FN6O3S. The van der Waals surface area contributed by atoms with Gasteiger partial charge in [0.2, 0.25) is 5.95 Å². The Labute approximate surface area is 214 Å². The second-order valence-electron chi connectivity index (χ2n) is 9.42. The highest BCUT2D eigenvalue weighted by Gasteiger charge is 2.32. The normalized spacial score (nSPS) is 14.3. The van der Waals surface area contributed by atoms with Crippen LogP contribution in [0.1, 0.15) is 63.6 Å². The second-order valence-corrected chi connectivity index (χ2v) is 10.3. The number of fused-ring (bicyclic) bond motifs is 1. The number of hydrogen-bond acceptors (Lipinski definition) is 8. The maximum absolute atomic E-state index is 13.6. The van der Waals surface area contributed by atoms with Crippen LogP contribution in [0.2, 0.25) is 0 Å². The van der Waals surface area contributed by atoms with Gasteiger partial charge in [0.15, 0.2) is 5.69 Å². The van der Waals surface area contributed by atoms with E-state index >= 15 is 0 Å². The lowest BCUT2D eigenvalue weighted by atomic mass is 9.99. The Morgan fingerprint density at radius 3 is 2.61 bits per heavy atom. The van der Waals surface area contributed by atoms with Gasteiger partial charge in [0.25, 0.3) is 5.91 Å². The zero-order valence-electron chi connectivity index (χ0n) is 21.5. The van der Waals surface area contributed by atoms with E-state index in [1.165, 1.54) is 22.3 Å². The van der Waals surface area contributed by atoms with E-state index < -0.39 is 11.9 Å². The third-order valence-corrected chi connectivity index (χ3v) is 6.14. The van der Waals surface area contributed by atoms with Crippen LogP contribution in [0.4, 0.5) is 15.1 Å². The molecule has 4 heterocycles. The zero-order valence-corrected chi connectivity index (χ0v) is 22.4. The Kier molecular flexibility index (Phi) is 8.78. The largest absolute Gasteiger partial charge is 0.449 e. The highest BCUT2D eigenvalue weighted by Crippen LogP contribution is 2.27. The third-order valence-electron chi connectivity index (χ3n) is 5.23. The van der Waals surface area contributed by atoms with Gasteiger partial charge in [0.05, 0.1) is 35.7 Å². The Morgan fingerprint density at radius 2 is 1.92 bits per heavy atom. The van der Waals surface area contributed by atoms with Crippen LogP contribution >= 0.6 is 11.3 Å². The molecule has 1 aliphatic rings. The average molecular weight is 517 g/mol. The van der Waals surface area contributed by atoms with Gasteiger partial charge >= 0.3 is 6.09 Å². The minimum absolute atomic E-state index is 0.132. The van der Waals surface area contributed by atoms with E-state index in [2.05, 4.69) is 20.3 Å². The monoisotopic (exact) mass is 516 g/mol. The fourth-order valence-electron chi connectivity index (χ4n) is 3.44. The van der Waals surface area contributed by atoms with Crippen LogP contribution in [0.15, 0.2) is 29.9 Å². The number of halogens is 1. The molecule has 3 aromatic heterocycles. The first-order chi connectivity index (χ1) is 17.1. The van der Waals surface area contributed by atoms with Crippen LogP contribution in [-0.2, 0) is 4.74 Å². The molecule has 0 spiro atoms. The van der Waals surface area contributed by atoms with E-state index in [9.17, 15) is 14.0 Å². The number of aromatic nitrogens is 3. The first kappa shape index (κ1) is 27.3. The van der Waals surface area contributed by atoms with Crippen molar-refractivity contribution in [2.45, 2.75) is 47.6 Å². The molecule has 3 aromatic rings. The number of carbonyl (C=O) groups excluding carboxylic acids is 2. The molecule has 0 bridgehead atoms. The number of thiophene rings is 1. The van der Waals surface area contributed by atoms with Gasteiger partial charge < -0.3 is 15.0 Å². The van der Waals surface area contributed by atoms with E-state index in [0.29, 0.717) is 35.5 Å². The lowest BCUT2D eigenvalue weighted by Gasteiger charge is -2.22. The summed E-state index contributed by atoms with van der Waals surface area (Å²) in [6.07, 6.45) is 2.26. The van der Waals surface area contributed by atoms with Crippen LogP contribution in [0.25, 0.3) is 10.2 Å². The zero-order chi connectivity index (χ0) is 26.5. The van der Waals surface area contributed by atoms with Crippen molar-refractivity contribution in [2.24, 2.45) is 5.41 Å². The van der Waals surface area contributed by atoms with Crippen molar-refractivity contribution in [3.63, 3.8) is 0 Å². The summed E-state index contributed by atoms with van der Waals surface area (Å²) >= 11 is 1.38. The van der Waals surface area contributed by atoms with Crippen LogP contribution < -0.4 is 5.32 Å². The van der Waals surface area contributed by atoms with Crippen molar-refractivity contribution in [3.8, 4) is 0 Å². The van der Waals surface area contributed by atoms with Crippen LogP contribution in [0.3, 0.4) is 0 Å². The quantitative estimate of drug-likeness (QED) is 0.490. The SMILES string of the molecule is CC.CC(Nc1nc(C(=O)N2CCN(C(=O)OCC(C)(C)C)C2)c2sccc2n1)c1cncc(F)c1. The number of anilines is 1. The number of hydrogen-bond donors (Lipinski definition) is 1. The van der Waals surface area contributed by atoms with Crippen molar-refractivity contribution in [3.05, 3.63) is 47.0 Å². The maximum atomic E-state index is 13.6. The Bertz CT molecular complexity index is 1210. The molecule has 1 atom stereocenters. The van der Waals surface area contributed by atoms with Gasteiger partial charge in [-0.25, -0.2) is 19.2 Å². The standard InChI is InChI=1S/C23H27FN6O3S.C2H6/c1-14(15-9-16(24)11-25-10-15)26-21-27-17-5-8-34-19(17)18(28-21)20(31)29-6-7-30(13-29)22(32)33-12-23(2,3)4;1-2/h5,8-11,14H,6-7,12-13H2,1-4H3,(H,26,27,28);1-2H3. The summed E-state index contributed by atoms with van der Waals surface area (Å²) in [6.45, 7) is 13.0. The molecule has 11 heteroatoms. The van der Waals surface area contributed by atoms with Crippen molar-refractivity contribution in [2.75, 3.05) is 31.7 Å². The smallest absolute Gasteiger partial charge is 0.411 e. The van der Waals surface area contributed by atoms with Crippen molar-refractivity contribution < 1.29 is 18.7 Å². The summed E-state index contributed by atoms with van der Waals surface area (Å²) in [5.41, 5.74) is 1.39. The fourth-order valence-corrected chi connectivity index (χ4v) is 4.25. The second kappa shape index (κ2) is 11.6. The first-order valence-corrected chi connectivity index (χ1v) is 12.8. The Balaban J connectivity index is 0.00000176. The highest BCUT2D eigenvalue weighted by atomic mass is 32.1. The topological polar surface area (TPSA) is 101 Å². The summed E-state index contributed by atoms with van der Waals surface area (Å²) in [6, 6.07) is 2.87. The predicted octanol–water partition coefficient (Wildman–Crippen LogP) is 5.32. The molecule has 1 unspecified atom stereocenters. The van der Waals surface area contributed by atoms with Crippen molar-refractivity contribution >= 4 is 39.5 Å². The molecular weight excluding hydrogens is 483 g/mol. The molecule has 0 saturated carbocycles. The lowest BCUT2D eigenvalue weighted by Crippen LogP contribution is -2.35. The number of amides is 2. The number of rotatable bonds is 5. The predicted molar refractivity (Wildman–Crippen MR) is 138 cm³/mol. The minimum Gasteiger partial charge on any atom is -0.449 e. The van der Waals surface area contributed by atoms with Gasteiger partial charge in [-0.1, -0.05) is 34.6 Å². The number of carbonyl (C=O) groups is 2. The fraction of sp³-hybridized carbons (Fsp3) is 0.480. The molecule has 0 aromatic carbocycles. The summed E-state index contributed by atoms with van der Waals surface area (Å²) in [5, 5.41) is 4.98. The Morgan fingerprint density at radius 1 is 1.19 bits per heavy atom. The molecule has 9 nitrogen and oxygen atoms in total. The van der Waals surface area contributed by atoms with Gasteiger partial charge in [0.1, 0.15) is 5.82 Å². The number of ether oxygens (including phenoxy) is 1. The third kappa shape index (κ3) is 6.66. The summed E-state index contributed by atoms with van der Waals surface area (Å²) in [4.78, 5) is 41.7. The summed E-state index contributed by atoms with van der Waals surface area (Å²) in [7, 11) is 0. The van der Waals surface area contributed by atoms with Gasteiger partial charge in [-0.15, -0.1) is 11.3 Å². The van der Waals surface area contributed by atoms with Crippen LogP contribution in [0.5, 0.6) is 0 Å². The van der Waals surface area contributed by atoms with Gasteiger partial charge in [0, 0.05) is 19.3 Å². The first-order valence-electron chi connectivity index (χ1n) is 11.9. The van der Waals surface area contributed by atoms with E-state index in [-0.39, 0.29) is 35.7 Å². The minimum atomic E-state index is -0.436. The maximum Gasteiger partial charge on any atom is 0.411 e.